The van der Waals surface area contributed by atoms with E-state index in [-0.39, 0.29) is 12.5 Å². The predicted octanol–water partition coefficient (Wildman–Crippen LogP) is 1.19. The lowest BCUT2D eigenvalue weighted by Gasteiger charge is -2.12. The predicted molar refractivity (Wildman–Crippen MR) is 57.9 cm³/mol. The molecule has 0 N–H and O–H groups in total. The van der Waals surface area contributed by atoms with Gasteiger partial charge in [-0.05, 0) is 25.6 Å². The molecule has 84 valence electrons. The molecule has 0 saturated carbocycles. The van der Waals surface area contributed by atoms with Gasteiger partial charge < -0.3 is 4.74 Å². The maximum Gasteiger partial charge on any atom is 0.320 e. The Morgan fingerprint density at radius 3 is 2.87 bits per heavy atom. The summed E-state index contributed by atoms with van der Waals surface area (Å²) in [6, 6.07) is 0. The van der Waals surface area contributed by atoms with Gasteiger partial charge in [0.1, 0.15) is 5.01 Å². The second-order valence-corrected chi connectivity index (χ2v) is 4.57. The van der Waals surface area contributed by atoms with E-state index in [1.54, 1.807) is 11.8 Å². The number of carbonyl (C=O) groups is 1. The molecule has 0 atom stereocenters. The van der Waals surface area contributed by atoms with Crippen molar-refractivity contribution < 1.29 is 9.53 Å². The summed E-state index contributed by atoms with van der Waals surface area (Å²) in [4.78, 5) is 12.9. The lowest BCUT2D eigenvalue weighted by atomic mass is 10.5. The van der Waals surface area contributed by atoms with Gasteiger partial charge in [-0.15, -0.1) is 10.2 Å². The van der Waals surface area contributed by atoms with Crippen molar-refractivity contribution in [1.29, 1.82) is 0 Å². The molecule has 0 amide bonds. The molecule has 7 heteroatoms. The van der Waals surface area contributed by atoms with Crippen molar-refractivity contribution in [2.45, 2.75) is 13.5 Å². The summed E-state index contributed by atoms with van der Waals surface area (Å²) in [7, 11) is 1.81. The van der Waals surface area contributed by atoms with Gasteiger partial charge in [0.05, 0.1) is 19.7 Å². The van der Waals surface area contributed by atoms with Crippen molar-refractivity contribution in [2.24, 2.45) is 0 Å². The Morgan fingerprint density at radius 1 is 1.60 bits per heavy atom. The Hall–Kier alpha value is -0.720. The summed E-state index contributed by atoms with van der Waals surface area (Å²) in [5.41, 5.74) is 0. The lowest BCUT2D eigenvalue weighted by molar-refractivity contribution is -0.144. The van der Waals surface area contributed by atoms with Crippen LogP contribution in [0.3, 0.4) is 0 Å². The number of halogens is 1. The minimum Gasteiger partial charge on any atom is -0.465 e. The van der Waals surface area contributed by atoms with Crippen molar-refractivity contribution in [1.82, 2.24) is 15.1 Å². The van der Waals surface area contributed by atoms with Crippen LogP contribution in [0.5, 0.6) is 0 Å². The summed E-state index contributed by atoms with van der Waals surface area (Å²) in [5, 5.41) is 8.31. The average Bonchev–Trinajstić information content (AvgIpc) is 2.51. The number of hydrogen-bond donors (Lipinski definition) is 0. The minimum atomic E-state index is -0.240. The van der Waals surface area contributed by atoms with Crippen LogP contribution < -0.4 is 0 Å². The van der Waals surface area contributed by atoms with Gasteiger partial charge in [-0.3, -0.25) is 9.69 Å². The molecule has 0 spiro atoms. The Labute approximate surface area is 97.0 Å². The monoisotopic (exact) mass is 249 g/mol. The molecule has 5 nitrogen and oxygen atoms in total. The van der Waals surface area contributed by atoms with E-state index in [0.29, 0.717) is 17.6 Å². The lowest BCUT2D eigenvalue weighted by Crippen LogP contribution is -2.26. The molecule has 1 heterocycles. The third-order valence-electron chi connectivity index (χ3n) is 1.55. The van der Waals surface area contributed by atoms with Crippen LogP contribution in [0.15, 0.2) is 0 Å². The molecule has 0 aliphatic carbocycles. The Balaban J connectivity index is 2.35. The zero-order chi connectivity index (χ0) is 11.3. The highest BCUT2D eigenvalue weighted by atomic mass is 35.5. The van der Waals surface area contributed by atoms with Gasteiger partial charge in [0.2, 0.25) is 4.47 Å². The third-order valence-corrected chi connectivity index (χ3v) is 2.56. The molecule has 1 aromatic rings. The van der Waals surface area contributed by atoms with Crippen molar-refractivity contribution in [3.63, 3.8) is 0 Å². The Bertz CT molecular complexity index is 331. The summed E-state index contributed by atoms with van der Waals surface area (Å²) >= 11 is 6.94. The smallest absolute Gasteiger partial charge is 0.320 e. The molecule has 0 bridgehead atoms. The second kappa shape index (κ2) is 5.99. The zero-order valence-corrected chi connectivity index (χ0v) is 10.1. The van der Waals surface area contributed by atoms with Gasteiger partial charge in [0.15, 0.2) is 0 Å². The van der Waals surface area contributed by atoms with Gasteiger partial charge in [-0.1, -0.05) is 11.3 Å². The molecule has 0 aliphatic heterocycles. The molecule has 1 rings (SSSR count). The van der Waals surface area contributed by atoms with Gasteiger partial charge in [-0.2, -0.15) is 0 Å². The van der Waals surface area contributed by atoms with Crippen molar-refractivity contribution in [3.8, 4) is 0 Å². The quantitative estimate of drug-likeness (QED) is 0.734. The summed E-state index contributed by atoms with van der Waals surface area (Å²) in [6.45, 7) is 2.97. The van der Waals surface area contributed by atoms with Gasteiger partial charge in [0.25, 0.3) is 0 Å². The third kappa shape index (κ3) is 4.55. The standard InChI is InChI=1S/C8H12ClN3O2S/c1-3-14-7(13)5-12(2)4-6-10-11-8(9)15-6/h3-5H2,1-2H3. The number of rotatable bonds is 5. The van der Waals surface area contributed by atoms with Crippen LogP contribution in [-0.4, -0.2) is 41.3 Å². The first kappa shape index (κ1) is 12.4. The molecule has 0 aromatic carbocycles. The van der Waals surface area contributed by atoms with Crippen LogP contribution in [-0.2, 0) is 16.1 Å². The fourth-order valence-corrected chi connectivity index (χ4v) is 1.96. The highest BCUT2D eigenvalue weighted by Crippen LogP contribution is 2.15. The Kier molecular flexibility index (Phi) is 4.93. The van der Waals surface area contributed by atoms with E-state index in [2.05, 4.69) is 10.2 Å². The van der Waals surface area contributed by atoms with Crippen LogP contribution >= 0.6 is 22.9 Å². The summed E-state index contributed by atoms with van der Waals surface area (Å²) < 4.78 is 5.23. The maximum absolute atomic E-state index is 11.1. The molecule has 0 aliphatic rings. The zero-order valence-electron chi connectivity index (χ0n) is 8.57. The van der Waals surface area contributed by atoms with E-state index >= 15 is 0 Å². The van der Waals surface area contributed by atoms with E-state index < -0.39 is 0 Å². The number of hydrogen-bond acceptors (Lipinski definition) is 6. The second-order valence-electron chi connectivity index (χ2n) is 2.93. The SMILES string of the molecule is CCOC(=O)CN(C)Cc1nnc(Cl)s1. The highest BCUT2D eigenvalue weighted by molar-refractivity contribution is 7.15. The molecule has 0 fully saturated rings. The molecule has 0 radical (unpaired) electrons. The van der Waals surface area contributed by atoms with Crippen LogP contribution in [0, 0.1) is 0 Å². The first-order valence-corrected chi connectivity index (χ1v) is 5.63. The summed E-state index contributed by atoms with van der Waals surface area (Å²) in [5.74, 6) is -0.240. The number of likely N-dealkylation sites (N-methyl/N-ethyl adjacent to an activating group) is 1. The number of aromatic nitrogens is 2. The van der Waals surface area contributed by atoms with Crippen molar-refractivity contribution in [2.75, 3.05) is 20.2 Å². The summed E-state index contributed by atoms with van der Waals surface area (Å²) in [6.07, 6.45) is 0. The Morgan fingerprint density at radius 2 is 2.33 bits per heavy atom. The van der Waals surface area contributed by atoms with Crippen LogP contribution in [0.25, 0.3) is 0 Å². The van der Waals surface area contributed by atoms with Gasteiger partial charge >= 0.3 is 5.97 Å². The van der Waals surface area contributed by atoms with E-state index in [1.165, 1.54) is 11.3 Å². The molecule has 0 saturated heterocycles. The molecular weight excluding hydrogens is 238 g/mol. The van der Waals surface area contributed by atoms with E-state index in [1.807, 2.05) is 7.05 Å². The highest BCUT2D eigenvalue weighted by Gasteiger charge is 2.10. The average molecular weight is 250 g/mol. The van der Waals surface area contributed by atoms with Gasteiger partial charge in [-0.25, -0.2) is 0 Å². The molecular formula is C8H12ClN3O2S. The largest absolute Gasteiger partial charge is 0.465 e. The fraction of sp³-hybridized carbons (Fsp3) is 0.625. The van der Waals surface area contributed by atoms with E-state index in [4.69, 9.17) is 16.3 Å². The molecule has 0 unspecified atom stereocenters. The van der Waals surface area contributed by atoms with Crippen LogP contribution in [0.4, 0.5) is 0 Å². The van der Waals surface area contributed by atoms with E-state index in [9.17, 15) is 4.79 Å². The normalized spacial score (nSPS) is 10.7. The van der Waals surface area contributed by atoms with Gasteiger partial charge in [0, 0.05) is 0 Å². The first-order valence-electron chi connectivity index (χ1n) is 4.44. The van der Waals surface area contributed by atoms with Crippen LogP contribution in [0.2, 0.25) is 4.47 Å². The number of nitrogens with zero attached hydrogens (tertiary/aromatic N) is 3. The maximum atomic E-state index is 11.1. The van der Waals surface area contributed by atoms with Crippen molar-refractivity contribution in [3.05, 3.63) is 9.47 Å². The van der Waals surface area contributed by atoms with Crippen molar-refractivity contribution >= 4 is 28.9 Å². The number of carbonyl (C=O) groups excluding carboxylic acids is 1. The number of ether oxygens (including phenoxy) is 1. The number of esters is 1. The minimum absolute atomic E-state index is 0.240. The fourth-order valence-electron chi connectivity index (χ4n) is 1.01. The molecule has 15 heavy (non-hydrogen) atoms. The first-order chi connectivity index (χ1) is 7.11. The molecule has 1 aromatic heterocycles. The van der Waals surface area contributed by atoms with Crippen LogP contribution in [0.1, 0.15) is 11.9 Å². The topological polar surface area (TPSA) is 55.3 Å². The van der Waals surface area contributed by atoms with E-state index in [0.717, 1.165) is 5.01 Å².